The van der Waals surface area contributed by atoms with Crippen molar-refractivity contribution in [2.75, 3.05) is 0 Å². The molecule has 1 aromatic carbocycles. The normalized spacial score (nSPS) is 21.9. The summed E-state index contributed by atoms with van der Waals surface area (Å²) in [5, 5.41) is 18.5. The predicted molar refractivity (Wildman–Crippen MR) is 104 cm³/mol. The van der Waals surface area contributed by atoms with Gasteiger partial charge in [0.1, 0.15) is 23.3 Å². The van der Waals surface area contributed by atoms with Gasteiger partial charge in [-0.15, -0.1) is 0 Å². The Hall–Kier alpha value is -1.31. The largest absolute Gasteiger partial charge is 0.508 e. The van der Waals surface area contributed by atoms with Crippen molar-refractivity contribution in [2.45, 2.75) is 37.1 Å². The summed E-state index contributed by atoms with van der Waals surface area (Å²) >= 11 is 7.36. The first-order valence-corrected chi connectivity index (χ1v) is 9.46. The van der Waals surface area contributed by atoms with Crippen LogP contribution in [0.25, 0.3) is 0 Å². The summed E-state index contributed by atoms with van der Waals surface area (Å²) < 4.78 is 6.33. The predicted octanol–water partition coefficient (Wildman–Crippen LogP) is 4.30. The number of halogens is 2. The highest BCUT2D eigenvalue weighted by Gasteiger charge is 2.42. The van der Waals surface area contributed by atoms with Gasteiger partial charge in [-0.2, -0.15) is 0 Å². The molecule has 1 aromatic rings. The fourth-order valence-corrected chi connectivity index (χ4v) is 4.32. The lowest BCUT2D eigenvalue weighted by Gasteiger charge is -2.38. The molecule has 2 atom stereocenters. The zero-order valence-electron chi connectivity index (χ0n) is 14.0. The van der Waals surface area contributed by atoms with Gasteiger partial charge in [-0.1, -0.05) is 35.4 Å². The second-order valence-electron chi connectivity index (χ2n) is 6.42. The van der Waals surface area contributed by atoms with Crippen molar-refractivity contribution in [1.29, 1.82) is 0 Å². The smallest absolute Gasteiger partial charge is 0.320 e. The second kappa shape index (κ2) is 7.93. The molecule has 0 heterocycles. The number of ether oxygens (including phenoxy) is 1. The van der Waals surface area contributed by atoms with Crippen molar-refractivity contribution < 1.29 is 19.7 Å². The highest BCUT2D eigenvalue weighted by atomic mass is 79.9. The number of hydrogen-bond acceptors (Lipinski definition) is 4. The van der Waals surface area contributed by atoms with E-state index < -0.39 is 16.3 Å². The summed E-state index contributed by atoms with van der Waals surface area (Å²) in [7, 11) is 0. The molecule has 0 saturated carbocycles. The van der Waals surface area contributed by atoms with E-state index in [9.17, 15) is 9.90 Å². The van der Waals surface area contributed by atoms with E-state index in [0.717, 1.165) is 10.1 Å². The first-order valence-electron chi connectivity index (χ1n) is 7.87. The number of aliphatic carboxylic acids is 1. The van der Waals surface area contributed by atoms with Crippen molar-refractivity contribution >= 4 is 37.8 Å². The Balaban J connectivity index is 2.36. The third-order valence-corrected chi connectivity index (χ3v) is 6.33. The van der Waals surface area contributed by atoms with Gasteiger partial charge in [0, 0.05) is 0 Å². The number of allylic oxidation sites excluding steroid dienone is 3. The van der Waals surface area contributed by atoms with E-state index in [1.807, 2.05) is 6.08 Å². The van der Waals surface area contributed by atoms with E-state index in [-0.39, 0.29) is 18.1 Å². The number of aromatic hydroxyl groups is 1. The van der Waals surface area contributed by atoms with E-state index in [4.69, 9.17) is 15.6 Å². The van der Waals surface area contributed by atoms with E-state index >= 15 is 0 Å². The number of hydrogen-bond donors (Lipinski definition) is 3. The molecule has 1 aliphatic rings. The van der Waals surface area contributed by atoms with E-state index in [1.54, 1.807) is 24.3 Å². The molecular weight excluding hydrogens is 454 g/mol. The van der Waals surface area contributed by atoms with Gasteiger partial charge in [0.05, 0.1) is 8.81 Å². The lowest BCUT2D eigenvalue weighted by atomic mass is 9.82. The molecule has 4 N–H and O–H groups in total. The Morgan fingerprint density at radius 3 is 2.48 bits per heavy atom. The van der Waals surface area contributed by atoms with Crippen molar-refractivity contribution in [2.24, 2.45) is 11.7 Å². The number of carboxylic acids is 1. The number of carboxylic acid groups (broad SMARTS) is 1. The highest BCUT2D eigenvalue weighted by molar-refractivity contribution is 9.12. The van der Waals surface area contributed by atoms with E-state index in [0.29, 0.717) is 17.9 Å². The Kier molecular flexibility index (Phi) is 6.35. The maximum atomic E-state index is 11.0. The van der Waals surface area contributed by atoms with Crippen LogP contribution in [0.3, 0.4) is 0 Å². The monoisotopic (exact) mass is 473 g/mol. The second-order valence-corrected chi connectivity index (χ2v) is 8.69. The molecule has 0 bridgehead atoms. The quantitative estimate of drug-likeness (QED) is 0.534. The summed E-state index contributed by atoms with van der Waals surface area (Å²) in [6.45, 7) is 4.13. The molecule has 0 fully saturated rings. The van der Waals surface area contributed by atoms with Crippen LogP contribution in [0.2, 0.25) is 0 Å². The fraction of sp³-hybridized carbons (Fsp3) is 0.389. The number of rotatable bonds is 6. The van der Waals surface area contributed by atoms with Gasteiger partial charge >= 0.3 is 5.97 Å². The van der Waals surface area contributed by atoms with E-state index in [2.05, 4.69) is 45.7 Å². The van der Waals surface area contributed by atoms with Gasteiger partial charge in [-0.05, 0) is 65.0 Å². The molecule has 2 unspecified atom stereocenters. The number of nitrogens with two attached hydrogens (primary N) is 1. The lowest BCUT2D eigenvalue weighted by Crippen LogP contribution is -2.38. The minimum atomic E-state index is -1.02. The summed E-state index contributed by atoms with van der Waals surface area (Å²) in [5.41, 5.74) is 6.62. The Morgan fingerprint density at radius 2 is 1.96 bits per heavy atom. The molecule has 2 rings (SSSR count). The van der Waals surface area contributed by atoms with Crippen LogP contribution < -0.4 is 10.5 Å². The summed E-state index contributed by atoms with van der Waals surface area (Å²) in [6.07, 6.45) is 2.74. The number of phenols is 1. The number of carbonyl (C=O) groups is 1. The number of benzene rings is 1. The van der Waals surface area contributed by atoms with Gasteiger partial charge in [-0.3, -0.25) is 4.79 Å². The van der Waals surface area contributed by atoms with Crippen LogP contribution in [0.1, 0.15) is 26.7 Å². The zero-order valence-corrected chi connectivity index (χ0v) is 17.2. The first kappa shape index (κ1) is 20.0. The first-order chi connectivity index (χ1) is 11.6. The maximum Gasteiger partial charge on any atom is 0.320 e. The van der Waals surface area contributed by atoms with Gasteiger partial charge in [0.15, 0.2) is 0 Å². The van der Waals surface area contributed by atoms with Crippen molar-refractivity contribution in [3.63, 3.8) is 0 Å². The molecular formula is C18H21Br2NO4. The van der Waals surface area contributed by atoms with Crippen molar-refractivity contribution in [1.82, 2.24) is 0 Å². The third kappa shape index (κ3) is 4.65. The Bertz CT molecular complexity index is 712. The van der Waals surface area contributed by atoms with Crippen LogP contribution >= 0.6 is 31.9 Å². The standard InChI is InChI=1S/C18H21Br2NO4/c1-10(2)18(20)9-11(8-15(21)17(23)24)7-14(19)16(18)25-13-5-3-12(22)4-6-13/h3-7,10,15,22H,8-9,21H2,1-2H3,(H,23,24). The molecule has 0 saturated heterocycles. The Labute approximate surface area is 163 Å². The van der Waals surface area contributed by atoms with Gasteiger partial charge < -0.3 is 20.7 Å². The van der Waals surface area contributed by atoms with Gasteiger partial charge in [0.2, 0.25) is 0 Å². The lowest BCUT2D eigenvalue weighted by molar-refractivity contribution is -0.138. The average Bonchev–Trinajstić information content (AvgIpc) is 2.52. The average molecular weight is 475 g/mol. The fourth-order valence-electron chi connectivity index (χ4n) is 2.64. The maximum absolute atomic E-state index is 11.0. The van der Waals surface area contributed by atoms with Crippen molar-refractivity contribution in [3.8, 4) is 11.5 Å². The highest BCUT2D eigenvalue weighted by Crippen LogP contribution is 2.48. The van der Waals surface area contributed by atoms with Gasteiger partial charge in [-0.25, -0.2) is 0 Å². The molecule has 7 heteroatoms. The molecule has 1 aliphatic carbocycles. The van der Waals surface area contributed by atoms with E-state index in [1.165, 1.54) is 0 Å². The van der Waals surface area contributed by atoms with Crippen LogP contribution in [-0.4, -0.2) is 26.5 Å². The summed E-state index contributed by atoms with van der Waals surface area (Å²) in [6, 6.07) is 5.57. The number of alkyl halides is 1. The topological polar surface area (TPSA) is 92.8 Å². The summed E-state index contributed by atoms with van der Waals surface area (Å²) in [5.74, 6) is 0.644. The molecule has 5 nitrogen and oxygen atoms in total. The molecule has 0 amide bonds. The zero-order chi connectivity index (χ0) is 18.8. The summed E-state index contributed by atoms with van der Waals surface area (Å²) in [4.78, 5) is 11.0. The molecule has 25 heavy (non-hydrogen) atoms. The molecule has 136 valence electrons. The Morgan fingerprint density at radius 1 is 1.36 bits per heavy atom. The van der Waals surface area contributed by atoms with Crippen LogP contribution in [0.15, 0.2) is 46.2 Å². The van der Waals surface area contributed by atoms with Gasteiger partial charge in [0.25, 0.3) is 0 Å². The van der Waals surface area contributed by atoms with Crippen LogP contribution in [0, 0.1) is 5.92 Å². The van der Waals surface area contributed by atoms with Crippen LogP contribution in [-0.2, 0) is 4.79 Å². The molecule has 0 spiro atoms. The minimum Gasteiger partial charge on any atom is -0.508 e. The molecule has 0 aliphatic heterocycles. The molecule has 0 aromatic heterocycles. The van der Waals surface area contributed by atoms with Crippen molar-refractivity contribution in [3.05, 3.63) is 46.2 Å². The molecule has 0 radical (unpaired) electrons. The SMILES string of the molecule is CC(C)C1(Br)CC(CC(N)C(=O)O)=CC(Br)=C1Oc1ccc(O)cc1. The third-order valence-electron chi connectivity index (χ3n) is 4.18. The van der Waals surface area contributed by atoms with Crippen LogP contribution in [0.4, 0.5) is 0 Å². The number of phenolic OH excluding ortho intramolecular Hbond substituents is 1. The van der Waals surface area contributed by atoms with Crippen LogP contribution in [0.5, 0.6) is 11.5 Å². The minimum absolute atomic E-state index is 0.169.